The lowest BCUT2D eigenvalue weighted by Crippen LogP contribution is -2.20. The van der Waals surface area contributed by atoms with Gasteiger partial charge in [-0.2, -0.15) is 5.26 Å². The molecule has 0 heterocycles. The van der Waals surface area contributed by atoms with E-state index in [2.05, 4.69) is 11.4 Å². The molecular formula is C18H16N2O. The van der Waals surface area contributed by atoms with Crippen LogP contribution in [0.25, 0.3) is 6.08 Å². The summed E-state index contributed by atoms with van der Waals surface area (Å²) in [6.07, 6.45) is 3.32. The Kier molecular flexibility index (Phi) is 4.89. The summed E-state index contributed by atoms with van der Waals surface area (Å²) in [6, 6.07) is 17.2. The summed E-state index contributed by atoms with van der Waals surface area (Å²) in [5.41, 5.74) is 3.74. The fourth-order valence-electron chi connectivity index (χ4n) is 1.89. The van der Waals surface area contributed by atoms with Crippen LogP contribution in [0.3, 0.4) is 0 Å². The van der Waals surface area contributed by atoms with Crippen LogP contribution in [-0.4, -0.2) is 5.91 Å². The zero-order valence-corrected chi connectivity index (χ0v) is 11.8. The van der Waals surface area contributed by atoms with Gasteiger partial charge in [0, 0.05) is 12.6 Å². The first-order valence-corrected chi connectivity index (χ1v) is 6.69. The summed E-state index contributed by atoms with van der Waals surface area (Å²) >= 11 is 0. The monoisotopic (exact) mass is 276 g/mol. The lowest BCUT2D eigenvalue weighted by atomic mass is 10.1. The van der Waals surface area contributed by atoms with Gasteiger partial charge < -0.3 is 5.32 Å². The standard InChI is InChI=1S/C18H16N2O/c1-14-3-2-4-15(11-14)9-10-18(21)20-13-17-7-5-16(12-19)6-8-17/h2-11H,13H2,1H3,(H,20,21)/b10-9+. The summed E-state index contributed by atoms with van der Waals surface area (Å²) < 4.78 is 0. The second-order valence-electron chi connectivity index (χ2n) is 4.77. The van der Waals surface area contributed by atoms with Crippen LogP contribution < -0.4 is 5.32 Å². The lowest BCUT2D eigenvalue weighted by molar-refractivity contribution is -0.116. The van der Waals surface area contributed by atoms with Crippen LogP contribution in [0.5, 0.6) is 0 Å². The highest BCUT2D eigenvalue weighted by atomic mass is 16.1. The van der Waals surface area contributed by atoms with Crippen molar-refractivity contribution in [2.75, 3.05) is 0 Å². The molecule has 1 amide bonds. The predicted molar refractivity (Wildman–Crippen MR) is 83.2 cm³/mol. The highest BCUT2D eigenvalue weighted by molar-refractivity contribution is 5.91. The summed E-state index contributed by atoms with van der Waals surface area (Å²) in [4.78, 5) is 11.7. The van der Waals surface area contributed by atoms with Crippen LogP contribution in [0.2, 0.25) is 0 Å². The van der Waals surface area contributed by atoms with Gasteiger partial charge in [-0.15, -0.1) is 0 Å². The minimum atomic E-state index is -0.138. The van der Waals surface area contributed by atoms with Gasteiger partial charge >= 0.3 is 0 Å². The van der Waals surface area contributed by atoms with E-state index in [-0.39, 0.29) is 5.91 Å². The second kappa shape index (κ2) is 7.06. The van der Waals surface area contributed by atoms with Crippen molar-refractivity contribution in [1.82, 2.24) is 5.32 Å². The van der Waals surface area contributed by atoms with Gasteiger partial charge in [0.05, 0.1) is 11.6 Å². The number of nitriles is 1. The maximum Gasteiger partial charge on any atom is 0.244 e. The van der Waals surface area contributed by atoms with E-state index in [1.165, 1.54) is 6.08 Å². The van der Waals surface area contributed by atoms with Crippen molar-refractivity contribution in [1.29, 1.82) is 5.26 Å². The molecule has 3 heteroatoms. The van der Waals surface area contributed by atoms with E-state index in [4.69, 9.17) is 5.26 Å². The molecule has 104 valence electrons. The maximum absolute atomic E-state index is 11.7. The molecule has 1 N–H and O–H groups in total. The minimum Gasteiger partial charge on any atom is -0.348 e. The fourth-order valence-corrected chi connectivity index (χ4v) is 1.89. The van der Waals surface area contributed by atoms with Crippen molar-refractivity contribution in [3.8, 4) is 6.07 Å². The van der Waals surface area contributed by atoms with Gasteiger partial charge in [0.15, 0.2) is 0 Å². The van der Waals surface area contributed by atoms with E-state index >= 15 is 0 Å². The number of rotatable bonds is 4. The highest BCUT2D eigenvalue weighted by Crippen LogP contribution is 2.06. The Morgan fingerprint density at radius 1 is 1.24 bits per heavy atom. The van der Waals surface area contributed by atoms with E-state index in [1.807, 2.05) is 43.3 Å². The molecule has 2 aromatic carbocycles. The zero-order valence-electron chi connectivity index (χ0n) is 11.8. The number of nitrogens with zero attached hydrogens (tertiary/aromatic N) is 1. The van der Waals surface area contributed by atoms with Crippen LogP contribution in [0.1, 0.15) is 22.3 Å². The van der Waals surface area contributed by atoms with E-state index in [0.717, 1.165) is 16.7 Å². The van der Waals surface area contributed by atoms with Crippen LogP contribution in [0.15, 0.2) is 54.6 Å². The van der Waals surface area contributed by atoms with Crippen molar-refractivity contribution in [2.45, 2.75) is 13.5 Å². The number of carbonyl (C=O) groups is 1. The average Bonchev–Trinajstić information content (AvgIpc) is 2.51. The number of hydrogen-bond acceptors (Lipinski definition) is 2. The predicted octanol–water partition coefficient (Wildman–Crippen LogP) is 3.20. The Morgan fingerprint density at radius 3 is 2.67 bits per heavy atom. The molecule has 0 aromatic heterocycles. The Labute approximate surface area is 124 Å². The van der Waals surface area contributed by atoms with Crippen LogP contribution in [0, 0.1) is 18.3 Å². The molecule has 0 bridgehead atoms. The van der Waals surface area contributed by atoms with Crippen LogP contribution in [0.4, 0.5) is 0 Å². The first kappa shape index (κ1) is 14.5. The number of amides is 1. The Hall–Kier alpha value is -2.86. The third kappa shape index (κ3) is 4.63. The van der Waals surface area contributed by atoms with Gasteiger partial charge in [-0.05, 0) is 36.3 Å². The molecule has 3 nitrogen and oxygen atoms in total. The molecule has 21 heavy (non-hydrogen) atoms. The summed E-state index contributed by atoms with van der Waals surface area (Å²) in [5, 5.41) is 11.5. The summed E-state index contributed by atoms with van der Waals surface area (Å²) in [5.74, 6) is -0.138. The van der Waals surface area contributed by atoms with Crippen LogP contribution in [-0.2, 0) is 11.3 Å². The van der Waals surface area contributed by atoms with Crippen molar-refractivity contribution < 1.29 is 4.79 Å². The molecule has 2 rings (SSSR count). The van der Waals surface area contributed by atoms with E-state index in [0.29, 0.717) is 12.1 Å². The number of carbonyl (C=O) groups excluding carboxylic acids is 1. The van der Waals surface area contributed by atoms with Gasteiger partial charge in [0.25, 0.3) is 0 Å². The number of benzene rings is 2. The molecule has 0 aliphatic rings. The van der Waals surface area contributed by atoms with Crippen molar-refractivity contribution in [3.63, 3.8) is 0 Å². The Morgan fingerprint density at radius 2 is 2.00 bits per heavy atom. The number of hydrogen-bond donors (Lipinski definition) is 1. The highest BCUT2D eigenvalue weighted by Gasteiger charge is 1.97. The summed E-state index contributed by atoms with van der Waals surface area (Å²) in [6.45, 7) is 2.46. The number of aryl methyl sites for hydroxylation is 1. The van der Waals surface area contributed by atoms with Gasteiger partial charge in [-0.1, -0.05) is 42.0 Å². The number of nitrogens with one attached hydrogen (secondary N) is 1. The average molecular weight is 276 g/mol. The van der Waals surface area contributed by atoms with E-state index in [1.54, 1.807) is 18.2 Å². The molecule has 0 aliphatic carbocycles. The molecule has 0 radical (unpaired) electrons. The SMILES string of the molecule is Cc1cccc(/C=C/C(=O)NCc2ccc(C#N)cc2)c1. The Balaban J connectivity index is 1.88. The largest absolute Gasteiger partial charge is 0.348 e. The van der Waals surface area contributed by atoms with E-state index in [9.17, 15) is 4.79 Å². The molecular weight excluding hydrogens is 260 g/mol. The zero-order chi connectivity index (χ0) is 15.1. The second-order valence-corrected chi connectivity index (χ2v) is 4.77. The van der Waals surface area contributed by atoms with Gasteiger partial charge in [0.2, 0.25) is 5.91 Å². The fraction of sp³-hybridized carbons (Fsp3) is 0.111. The smallest absolute Gasteiger partial charge is 0.244 e. The molecule has 0 spiro atoms. The van der Waals surface area contributed by atoms with Crippen molar-refractivity contribution >= 4 is 12.0 Å². The lowest BCUT2D eigenvalue weighted by Gasteiger charge is -2.02. The molecule has 0 unspecified atom stereocenters. The van der Waals surface area contributed by atoms with Crippen molar-refractivity contribution in [2.24, 2.45) is 0 Å². The molecule has 0 saturated heterocycles. The summed E-state index contributed by atoms with van der Waals surface area (Å²) in [7, 11) is 0. The van der Waals surface area contributed by atoms with Gasteiger partial charge in [-0.3, -0.25) is 4.79 Å². The van der Waals surface area contributed by atoms with Gasteiger partial charge in [-0.25, -0.2) is 0 Å². The molecule has 2 aromatic rings. The molecule has 0 saturated carbocycles. The molecule has 0 fully saturated rings. The maximum atomic E-state index is 11.7. The van der Waals surface area contributed by atoms with E-state index < -0.39 is 0 Å². The quantitative estimate of drug-likeness (QED) is 0.872. The molecule has 0 atom stereocenters. The Bertz CT molecular complexity index is 694. The first-order valence-electron chi connectivity index (χ1n) is 6.69. The molecule has 0 aliphatic heterocycles. The van der Waals surface area contributed by atoms with Crippen molar-refractivity contribution in [3.05, 3.63) is 76.9 Å². The minimum absolute atomic E-state index is 0.138. The third-order valence-corrected chi connectivity index (χ3v) is 3.02. The van der Waals surface area contributed by atoms with Crippen LogP contribution >= 0.6 is 0 Å². The first-order chi connectivity index (χ1) is 10.2. The van der Waals surface area contributed by atoms with Gasteiger partial charge in [0.1, 0.15) is 0 Å². The third-order valence-electron chi connectivity index (χ3n) is 3.02. The topological polar surface area (TPSA) is 52.9 Å². The normalized spacial score (nSPS) is 10.3.